The molecule has 1 aromatic carbocycles. The molecule has 2 aliphatic heterocycles. The van der Waals surface area contributed by atoms with Gasteiger partial charge in [0.25, 0.3) is 0 Å². The average molecular weight is 500 g/mol. The van der Waals surface area contributed by atoms with E-state index in [0.29, 0.717) is 33.0 Å². The lowest BCUT2D eigenvalue weighted by Gasteiger charge is -2.47. The lowest BCUT2D eigenvalue weighted by molar-refractivity contribution is 0.101. The van der Waals surface area contributed by atoms with Gasteiger partial charge in [0, 0.05) is 36.2 Å². The molecule has 1 N–H and O–H groups in total. The van der Waals surface area contributed by atoms with E-state index >= 15 is 0 Å². The smallest absolute Gasteiger partial charge is 0.190 e. The van der Waals surface area contributed by atoms with Gasteiger partial charge in [0.05, 0.1) is 18.8 Å². The summed E-state index contributed by atoms with van der Waals surface area (Å²) in [5.41, 5.74) is 2.16. The van der Waals surface area contributed by atoms with Gasteiger partial charge in [-0.2, -0.15) is 10.4 Å². The molecule has 8 nitrogen and oxygen atoms in total. The van der Waals surface area contributed by atoms with Gasteiger partial charge in [0.2, 0.25) is 0 Å². The van der Waals surface area contributed by atoms with Crippen LogP contribution in [-0.4, -0.2) is 69.1 Å². The summed E-state index contributed by atoms with van der Waals surface area (Å²) in [5.74, 6) is 2.06. The van der Waals surface area contributed by atoms with Gasteiger partial charge in [0.1, 0.15) is 17.4 Å². The van der Waals surface area contributed by atoms with Gasteiger partial charge in [0.15, 0.2) is 11.3 Å². The molecule has 5 rings (SSSR count). The first kappa shape index (κ1) is 23.3. The molecular formula is C24H27Cl2N7O. The highest BCUT2D eigenvalue weighted by molar-refractivity contribution is 6.35. The maximum Gasteiger partial charge on any atom is 0.190 e. The van der Waals surface area contributed by atoms with Crippen LogP contribution in [0.5, 0.6) is 0 Å². The van der Waals surface area contributed by atoms with E-state index in [-0.39, 0.29) is 18.3 Å². The second-order valence-corrected chi connectivity index (χ2v) is 10.1. The summed E-state index contributed by atoms with van der Waals surface area (Å²) in [6.45, 7) is 6.97. The van der Waals surface area contributed by atoms with Crippen LogP contribution in [0.2, 0.25) is 10.0 Å². The summed E-state index contributed by atoms with van der Waals surface area (Å²) in [7, 11) is 0. The van der Waals surface area contributed by atoms with E-state index in [1.54, 1.807) is 23.0 Å². The van der Waals surface area contributed by atoms with Gasteiger partial charge in [-0.1, -0.05) is 29.3 Å². The molecule has 178 valence electrons. The van der Waals surface area contributed by atoms with Crippen LogP contribution < -0.4 is 4.90 Å². The number of aliphatic hydroxyl groups excluding tert-OH is 1. The standard InChI is InChI=1S/C24H27Cl2N7O/c1-15(19-5-4-18(25)9-20(19)26)33-24-23(21(10-27)30-33)28-11-22(29-24)32-13-17(14-32)16-3-2-6-31(12-16)7-8-34/h4-5,9,11,15-17,34H,2-3,6-8,12-14H2,1H3. The van der Waals surface area contributed by atoms with Crippen LogP contribution >= 0.6 is 23.2 Å². The van der Waals surface area contributed by atoms with Crippen molar-refractivity contribution < 1.29 is 5.11 Å². The number of rotatable bonds is 6. The molecular weight excluding hydrogens is 473 g/mol. The fraction of sp³-hybridized carbons (Fsp3) is 0.500. The number of aliphatic hydroxyl groups is 1. The Kier molecular flexibility index (Phi) is 6.63. The summed E-state index contributed by atoms with van der Waals surface area (Å²) < 4.78 is 1.73. The molecule has 0 radical (unpaired) electrons. The minimum atomic E-state index is -0.247. The van der Waals surface area contributed by atoms with E-state index in [1.807, 2.05) is 13.0 Å². The minimum absolute atomic E-state index is 0.219. The Morgan fingerprint density at radius 1 is 1.24 bits per heavy atom. The van der Waals surface area contributed by atoms with E-state index in [9.17, 15) is 10.4 Å². The third-order valence-electron chi connectivity index (χ3n) is 7.13. The molecule has 0 saturated carbocycles. The number of likely N-dealkylation sites (tertiary alicyclic amines) is 1. The third kappa shape index (κ3) is 4.34. The fourth-order valence-corrected chi connectivity index (χ4v) is 5.75. The topological polar surface area (TPSA) is 94.1 Å². The maximum atomic E-state index is 9.60. The molecule has 0 aliphatic carbocycles. The van der Waals surface area contributed by atoms with Crippen LogP contribution in [0.15, 0.2) is 24.4 Å². The molecule has 0 spiro atoms. The van der Waals surface area contributed by atoms with Crippen molar-refractivity contribution in [3.63, 3.8) is 0 Å². The Balaban J connectivity index is 1.38. The Morgan fingerprint density at radius 3 is 2.79 bits per heavy atom. The number of anilines is 1. The Labute approximate surface area is 208 Å². The van der Waals surface area contributed by atoms with Crippen LogP contribution in [0.3, 0.4) is 0 Å². The highest BCUT2D eigenvalue weighted by Crippen LogP contribution is 2.35. The minimum Gasteiger partial charge on any atom is -0.395 e. The second-order valence-electron chi connectivity index (χ2n) is 9.24. The Morgan fingerprint density at radius 2 is 2.06 bits per heavy atom. The predicted octanol–water partition coefficient (Wildman–Crippen LogP) is 3.75. The van der Waals surface area contributed by atoms with Crippen molar-refractivity contribution in [2.24, 2.45) is 11.8 Å². The number of halogens is 2. The van der Waals surface area contributed by atoms with Gasteiger partial charge < -0.3 is 14.9 Å². The highest BCUT2D eigenvalue weighted by atomic mass is 35.5. The summed E-state index contributed by atoms with van der Waals surface area (Å²) in [5, 5.41) is 24.5. The van der Waals surface area contributed by atoms with Crippen molar-refractivity contribution in [1.82, 2.24) is 24.6 Å². The van der Waals surface area contributed by atoms with E-state index in [0.717, 1.165) is 44.1 Å². The molecule has 4 heterocycles. The number of β-amino-alcohol motifs (C(OH)–C–C–N with tert-alkyl or cyclic N) is 1. The zero-order valence-corrected chi connectivity index (χ0v) is 20.5. The molecule has 2 aliphatic rings. The van der Waals surface area contributed by atoms with Crippen LogP contribution in [0.25, 0.3) is 11.2 Å². The quantitative estimate of drug-likeness (QED) is 0.551. The summed E-state index contributed by atoms with van der Waals surface area (Å²) in [6.07, 6.45) is 4.17. The van der Waals surface area contributed by atoms with Crippen molar-refractivity contribution >= 4 is 40.2 Å². The van der Waals surface area contributed by atoms with Crippen LogP contribution in [0.1, 0.15) is 37.1 Å². The molecule has 2 saturated heterocycles. The maximum absolute atomic E-state index is 9.60. The molecule has 0 amide bonds. The van der Waals surface area contributed by atoms with Gasteiger partial charge >= 0.3 is 0 Å². The predicted molar refractivity (Wildman–Crippen MR) is 132 cm³/mol. The average Bonchev–Trinajstić information content (AvgIpc) is 3.16. The van der Waals surface area contributed by atoms with Crippen molar-refractivity contribution in [2.45, 2.75) is 25.8 Å². The molecule has 10 heteroatoms. The first-order chi connectivity index (χ1) is 16.5. The van der Waals surface area contributed by atoms with E-state index in [4.69, 9.17) is 28.2 Å². The van der Waals surface area contributed by atoms with Crippen molar-refractivity contribution in [3.05, 3.63) is 45.7 Å². The van der Waals surface area contributed by atoms with E-state index in [2.05, 4.69) is 26.0 Å². The van der Waals surface area contributed by atoms with Crippen molar-refractivity contribution in [3.8, 4) is 6.07 Å². The zero-order valence-electron chi connectivity index (χ0n) is 19.0. The molecule has 0 bridgehead atoms. The fourth-order valence-electron chi connectivity index (χ4n) is 5.19. The highest BCUT2D eigenvalue weighted by Gasteiger charge is 2.36. The molecule has 3 aromatic rings. The van der Waals surface area contributed by atoms with Crippen molar-refractivity contribution in [2.75, 3.05) is 44.2 Å². The molecule has 2 atom stereocenters. The summed E-state index contributed by atoms with van der Waals surface area (Å²) in [4.78, 5) is 14.1. The molecule has 2 aromatic heterocycles. The number of benzene rings is 1. The monoisotopic (exact) mass is 499 g/mol. The summed E-state index contributed by atoms with van der Waals surface area (Å²) >= 11 is 12.5. The number of hydrogen-bond acceptors (Lipinski definition) is 7. The van der Waals surface area contributed by atoms with Crippen LogP contribution in [-0.2, 0) is 0 Å². The number of piperidine rings is 1. The van der Waals surface area contributed by atoms with Gasteiger partial charge in [-0.05, 0) is 55.8 Å². The van der Waals surface area contributed by atoms with E-state index < -0.39 is 0 Å². The number of fused-ring (bicyclic) bond motifs is 1. The molecule has 2 fully saturated rings. The molecule has 2 unspecified atom stereocenters. The first-order valence-corrected chi connectivity index (χ1v) is 12.4. The number of nitrogens with zero attached hydrogens (tertiary/aromatic N) is 7. The first-order valence-electron chi connectivity index (χ1n) is 11.7. The number of aromatic nitrogens is 4. The number of nitriles is 1. The van der Waals surface area contributed by atoms with Crippen molar-refractivity contribution in [1.29, 1.82) is 5.26 Å². The number of hydrogen-bond donors (Lipinski definition) is 1. The van der Waals surface area contributed by atoms with E-state index in [1.165, 1.54) is 12.8 Å². The lowest BCUT2D eigenvalue weighted by atomic mass is 9.80. The van der Waals surface area contributed by atoms with Gasteiger partial charge in [-0.3, -0.25) is 0 Å². The van der Waals surface area contributed by atoms with Gasteiger partial charge in [-0.25, -0.2) is 14.6 Å². The van der Waals surface area contributed by atoms with Gasteiger partial charge in [-0.15, -0.1) is 0 Å². The largest absolute Gasteiger partial charge is 0.395 e. The Hall–Kier alpha value is -2.44. The van der Waals surface area contributed by atoms with Crippen LogP contribution in [0, 0.1) is 23.2 Å². The lowest BCUT2D eigenvalue weighted by Crippen LogP contribution is -2.54. The SMILES string of the molecule is CC(c1ccc(Cl)cc1Cl)n1nc(C#N)c2ncc(N3CC(C4CCCN(CCO)C4)C3)nc21. The summed E-state index contributed by atoms with van der Waals surface area (Å²) in [6, 6.07) is 7.26. The second kappa shape index (κ2) is 9.67. The normalized spacial score (nSPS) is 20.3. The zero-order chi connectivity index (χ0) is 23.8. The molecule has 34 heavy (non-hydrogen) atoms. The van der Waals surface area contributed by atoms with Crippen LogP contribution in [0.4, 0.5) is 5.82 Å². The Bertz CT molecular complexity index is 1230. The third-order valence-corrected chi connectivity index (χ3v) is 7.70.